The molecule has 0 fully saturated rings. The highest BCUT2D eigenvalue weighted by Crippen LogP contribution is 2.29. The zero-order valence-corrected chi connectivity index (χ0v) is 10.8. The highest BCUT2D eigenvalue weighted by atomic mass is 79.9. The predicted molar refractivity (Wildman–Crippen MR) is 64.8 cm³/mol. The molecule has 0 spiro atoms. The monoisotopic (exact) mass is 287 g/mol. The van der Waals surface area contributed by atoms with Crippen molar-refractivity contribution in [1.29, 1.82) is 0 Å². The number of ether oxygens (including phenoxy) is 1. The maximum atomic E-state index is 11.6. The number of halogens is 1. The fourth-order valence-electron chi connectivity index (χ4n) is 1.21. The van der Waals surface area contributed by atoms with E-state index in [0.717, 1.165) is 4.47 Å². The normalized spacial score (nSPS) is 9.94. The van der Waals surface area contributed by atoms with E-state index in [9.17, 15) is 9.90 Å². The van der Waals surface area contributed by atoms with Gasteiger partial charge in [0, 0.05) is 17.6 Å². The van der Waals surface area contributed by atoms with Gasteiger partial charge in [0.25, 0.3) is 0 Å². The van der Waals surface area contributed by atoms with Crippen molar-refractivity contribution in [2.75, 3.05) is 13.1 Å². The molecule has 0 aliphatic carbocycles. The summed E-state index contributed by atoms with van der Waals surface area (Å²) in [6, 6.07) is 4.69. The Morgan fingerprint density at radius 2 is 2.06 bits per heavy atom. The molecule has 0 aliphatic heterocycles. The van der Waals surface area contributed by atoms with Crippen molar-refractivity contribution in [2.45, 2.75) is 13.8 Å². The molecule has 1 rings (SSSR count). The number of amides is 1. The predicted octanol–water partition coefficient (Wildman–Crippen LogP) is 3.00. The summed E-state index contributed by atoms with van der Waals surface area (Å²) >= 11 is 3.24. The van der Waals surface area contributed by atoms with Crippen LogP contribution in [0.3, 0.4) is 0 Å². The minimum absolute atomic E-state index is 0.0521. The molecule has 0 saturated heterocycles. The second-order valence-corrected chi connectivity index (χ2v) is 4.07. The summed E-state index contributed by atoms with van der Waals surface area (Å²) < 4.78 is 5.82. The van der Waals surface area contributed by atoms with Crippen LogP contribution in [0.1, 0.15) is 13.8 Å². The minimum atomic E-state index is -0.460. The molecule has 1 N–H and O–H groups in total. The van der Waals surface area contributed by atoms with Crippen LogP contribution in [-0.2, 0) is 0 Å². The fourth-order valence-corrected chi connectivity index (χ4v) is 1.55. The molecule has 4 nitrogen and oxygen atoms in total. The Morgan fingerprint density at radius 3 is 2.62 bits per heavy atom. The first-order chi connectivity index (χ1) is 7.58. The summed E-state index contributed by atoms with van der Waals surface area (Å²) in [6.45, 7) is 4.88. The van der Waals surface area contributed by atoms with Gasteiger partial charge in [0.1, 0.15) is 0 Å². The van der Waals surface area contributed by atoms with E-state index in [4.69, 9.17) is 4.74 Å². The molecule has 88 valence electrons. The topological polar surface area (TPSA) is 49.8 Å². The number of carbonyl (C=O) groups excluding carboxylic acids is 1. The average Bonchev–Trinajstić information content (AvgIpc) is 2.25. The Hall–Kier alpha value is -1.23. The molecule has 1 aromatic carbocycles. The van der Waals surface area contributed by atoms with Gasteiger partial charge in [-0.15, -0.1) is 0 Å². The van der Waals surface area contributed by atoms with Gasteiger partial charge in [0.2, 0.25) is 0 Å². The molecule has 1 amide bonds. The second kappa shape index (κ2) is 5.75. The zero-order chi connectivity index (χ0) is 12.1. The van der Waals surface area contributed by atoms with Gasteiger partial charge in [-0.05, 0) is 32.0 Å². The Balaban J connectivity index is 2.80. The zero-order valence-electron chi connectivity index (χ0n) is 9.24. The largest absolute Gasteiger partial charge is 0.504 e. The molecule has 16 heavy (non-hydrogen) atoms. The van der Waals surface area contributed by atoms with Gasteiger partial charge < -0.3 is 14.7 Å². The average molecular weight is 288 g/mol. The number of hydrogen-bond donors (Lipinski definition) is 1. The van der Waals surface area contributed by atoms with Crippen LogP contribution in [0.2, 0.25) is 0 Å². The van der Waals surface area contributed by atoms with E-state index in [0.29, 0.717) is 13.1 Å². The molecule has 0 unspecified atom stereocenters. The summed E-state index contributed by atoms with van der Waals surface area (Å²) in [7, 11) is 0. The number of nitrogens with zero attached hydrogens (tertiary/aromatic N) is 1. The number of carbonyl (C=O) groups is 1. The van der Waals surface area contributed by atoms with Crippen molar-refractivity contribution >= 4 is 22.0 Å². The van der Waals surface area contributed by atoms with Crippen molar-refractivity contribution < 1.29 is 14.6 Å². The van der Waals surface area contributed by atoms with Crippen LogP contribution in [0.4, 0.5) is 4.79 Å². The number of hydrogen-bond acceptors (Lipinski definition) is 3. The van der Waals surface area contributed by atoms with Crippen molar-refractivity contribution in [3.05, 3.63) is 22.7 Å². The number of aromatic hydroxyl groups is 1. The Labute approximate surface area is 103 Å². The molecule has 0 aliphatic rings. The third-order valence-corrected chi connectivity index (χ3v) is 2.63. The van der Waals surface area contributed by atoms with Crippen LogP contribution < -0.4 is 4.74 Å². The first-order valence-electron chi connectivity index (χ1n) is 5.03. The summed E-state index contributed by atoms with van der Waals surface area (Å²) in [5.74, 6) is 0.106. The Bertz CT molecular complexity index is 377. The fraction of sp³-hybridized carbons (Fsp3) is 0.364. The van der Waals surface area contributed by atoms with E-state index in [1.165, 1.54) is 11.0 Å². The number of phenolic OH excluding ortho intramolecular Hbond substituents is 1. The molecule has 0 atom stereocenters. The van der Waals surface area contributed by atoms with Crippen LogP contribution in [0.25, 0.3) is 0 Å². The summed E-state index contributed by atoms with van der Waals surface area (Å²) in [5.41, 5.74) is 0. The van der Waals surface area contributed by atoms with E-state index in [1.807, 2.05) is 13.8 Å². The van der Waals surface area contributed by atoms with E-state index < -0.39 is 6.09 Å². The van der Waals surface area contributed by atoms with Gasteiger partial charge in [0.05, 0.1) is 0 Å². The third-order valence-electron chi connectivity index (χ3n) is 2.14. The molecule has 0 saturated carbocycles. The number of rotatable bonds is 3. The second-order valence-electron chi connectivity index (χ2n) is 3.15. The molecule has 0 bridgehead atoms. The quantitative estimate of drug-likeness (QED) is 0.930. The molecule has 0 radical (unpaired) electrons. The van der Waals surface area contributed by atoms with Gasteiger partial charge in [-0.3, -0.25) is 0 Å². The molecule has 1 aromatic rings. The maximum Gasteiger partial charge on any atom is 0.415 e. The van der Waals surface area contributed by atoms with E-state index >= 15 is 0 Å². The van der Waals surface area contributed by atoms with Gasteiger partial charge in [-0.1, -0.05) is 15.9 Å². The Morgan fingerprint density at radius 1 is 1.44 bits per heavy atom. The maximum absolute atomic E-state index is 11.6. The van der Waals surface area contributed by atoms with Crippen LogP contribution in [0, 0.1) is 0 Å². The number of benzene rings is 1. The van der Waals surface area contributed by atoms with Gasteiger partial charge in [-0.25, -0.2) is 4.79 Å². The van der Waals surface area contributed by atoms with Gasteiger partial charge in [0.15, 0.2) is 11.5 Å². The lowest BCUT2D eigenvalue weighted by molar-refractivity contribution is 0.155. The van der Waals surface area contributed by atoms with E-state index in [1.54, 1.807) is 12.1 Å². The molecule has 0 aromatic heterocycles. The van der Waals surface area contributed by atoms with Crippen molar-refractivity contribution in [3.63, 3.8) is 0 Å². The summed E-state index contributed by atoms with van der Waals surface area (Å²) in [5, 5.41) is 9.49. The number of phenols is 1. The minimum Gasteiger partial charge on any atom is -0.504 e. The molecular formula is C11H14BrNO3. The summed E-state index contributed by atoms with van der Waals surface area (Å²) in [4.78, 5) is 13.1. The third kappa shape index (κ3) is 3.13. The van der Waals surface area contributed by atoms with Crippen LogP contribution >= 0.6 is 15.9 Å². The Kier molecular flexibility index (Phi) is 4.61. The lowest BCUT2D eigenvalue weighted by Crippen LogP contribution is -2.33. The van der Waals surface area contributed by atoms with Crippen LogP contribution in [-0.4, -0.2) is 29.2 Å². The van der Waals surface area contributed by atoms with E-state index in [-0.39, 0.29) is 11.5 Å². The van der Waals surface area contributed by atoms with Gasteiger partial charge in [-0.2, -0.15) is 0 Å². The van der Waals surface area contributed by atoms with Gasteiger partial charge >= 0.3 is 6.09 Å². The van der Waals surface area contributed by atoms with Crippen LogP contribution in [0.15, 0.2) is 22.7 Å². The molecule has 0 heterocycles. The van der Waals surface area contributed by atoms with Crippen molar-refractivity contribution in [2.24, 2.45) is 0 Å². The highest BCUT2D eigenvalue weighted by Gasteiger charge is 2.14. The molecular weight excluding hydrogens is 274 g/mol. The first kappa shape index (κ1) is 12.8. The lowest BCUT2D eigenvalue weighted by atomic mass is 10.3. The first-order valence-corrected chi connectivity index (χ1v) is 5.83. The standard InChI is InChI=1S/C11H14BrNO3/c1-3-13(4-2)11(15)16-10-7-8(12)5-6-9(10)14/h5-7,14H,3-4H2,1-2H3. The lowest BCUT2D eigenvalue weighted by Gasteiger charge is -2.18. The van der Waals surface area contributed by atoms with Crippen molar-refractivity contribution in [3.8, 4) is 11.5 Å². The van der Waals surface area contributed by atoms with Crippen LogP contribution in [0.5, 0.6) is 11.5 Å². The highest BCUT2D eigenvalue weighted by molar-refractivity contribution is 9.10. The van der Waals surface area contributed by atoms with E-state index in [2.05, 4.69) is 15.9 Å². The summed E-state index contributed by atoms with van der Waals surface area (Å²) in [6.07, 6.45) is -0.460. The SMILES string of the molecule is CCN(CC)C(=O)Oc1cc(Br)ccc1O. The van der Waals surface area contributed by atoms with Crippen molar-refractivity contribution in [1.82, 2.24) is 4.90 Å². The smallest absolute Gasteiger partial charge is 0.415 e. The molecule has 5 heteroatoms.